The minimum Gasteiger partial charge on any atom is -0.507 e. The van der Waals surface area contributed by atoms with Gasteiger partial charge in [-0.2, -0.15) is 0 Å². The van der Waals surface area contributed by atoms with E-state index < -0.39 is 29.4 Å². The zero-order valence-corrected chi connectivity index (χ0v) is 20.5. The number of ketones is 1. The van der Waals surface area contributed by atoms with Crippen LogP contribution in [0, 0.1) is 18.6 Å². The number of hydrogen-bond donors (Lipinski definition) is 1. The zero-order valence-electron chi connectivity index (χ0n) is 20.5. The zero-order chi connectivity index (χ0) is 26.1. The monoisotopic (exact) mass is 491 g/mol. The molecular formula is C29H27F2NO4. The van der Waals surface area contributed by atoms with Gasteiger partial charge in [0.25, 0.3) is 11.7 Å². The summed E-state index contributed by atoms with van der Waals surface area (Å²) in [7, 11) is 0. The Morgan fingerprint density at radius 1 is 1.03 bits per heavy atom. The molecule has 3 aromatic carbocycles. The number of nitrogens with zero attached hydrogens (tertiary/aromatic N) is 1. The number of carbonyl (C=O) groups is 2. The van der Waals surface area contributed by atoms with Crippen molar-refractivity contribution in [2.24, 2.45) is 0 Å². The van der Waals surface area contributed by atoms with Crippen molar-refractivity contribution in [2.75, 3.05) is 11.5 Å². The summed E-state index contributed by atoms with van der Waals surface area (Å²) in [4.78, 5) is 27.7. The third-order valence-corrected chi connectivity index (χ3v) is 6.31. The second kappa shape index (κ2) is 9.93. The molecule has 0 radical (unpaired) electrons. The van der Waals surface area contributed by atoms with E-state index in [0.717, 1.165) is 28.2 Å². The van der Waals surface area contributed by atoms with Gasteiger partial charge in [-0.25, -0.2) is 8.78 Å². The van der Waals surface area contributed by atoms with Gasteiger partial charge in [-0.05, 0) is 66.8 Å². The first kappa shape index (κ1) is 25.1. The summed E-state index contributed by atoms with van der Waals surface area (Å²) in [6, 6.07) is 14.2. The van der Waals surface area contributed by atoms with Crippen molar-refractivity contribution in [3.63, 3.8) is 0 Å². The van der Waals surface area contributed by atoms with E-state index in [-0.39, 0.29) is 22.9 Å². The Kier molecular flexibility index (Phi) is 6.93. The number of anilines is 1. The number of amides is 1. The van der Waals surface area contributed by atoms with Gasteiger partial charge in [-0.15, -0.1) is 0 Å². The van der Waals surface area contributed by atoms with Crippen molar-refractivity contribution in [2.45, 2.75) is 39.7 Å². The van der Waals surface area contributed by atoms with Gasteiger partial charge < -0.3 is 9.84 Å². The van der Waals surface area contributed by atoms with Gasteiger partial charge in [-0.1, -0.05) is 38.1 Å². The van der Waals surface area contributed by atoms with Gasteiger partial charge in [0.1, 0.15) is 11.5 Å². The molecule has 0 aliphatic carbocycles. The third-order valence-electron chi connectivity index (χ3n) is 6.31. The van der Waals surface area contributed by atoms with Crippen LogP contribution in [0.15, 0.2) is 66.2 Å². The molecule has 1 N–H and O–H groups in total. The topological polar surface area (TPSA) is 66.8 Å². The minimum absolute atomic E-state index is 0.0119. The number of rotatable bonds is 6. The standard InChI is InChI=1S/C29H27F2NO4/c1-5-36-24-13-10-18(14-21(24)16(2)3)27(33)25-26(20-9-7-6-8-17(20)4)32(29(35)28(25)34)19-11-12-22(30)23(31)15-19/h6-16,26,33H,5H2,1-4H3/b27-25+. The fraction of sp³-hybridized carbons (Fsp3) is 0.241. The highest BCUT2D eigenvalue weighted by molar-refractivity contribution is 6.51. The smallest absolute Gasteiger partial charge is 0.300 e. The molecule has 0 bridgehead atoms. The van der Waals surface area contributed by atoms with E-state index >= 15 is 0 Å². The third kappa shape index (κ3) is 4.37. The number of hydrogen-bond acceptors (Lipinski definition) is 4. The fourth-order valence-electron chi connectivity index (χ4n) is 4.51. The van der Waals surface area contributed by atoms with Crippen LogP contribution >= 0.6 is 0 Å². The van der Waals surface area contributed by atoms with E-state index in [1.165, 1.54) is 6.07 Å². The molecule has 1 heterocycles. The molecule has 36 heavy (non-hydrogen) atoms. The molecule has 1 amide bonds. The van der Waals surface area contributed by atoms with Crippen molar-refractivity contribution >= 4 is 23.1 Å². The van der Waals surface area contributed by atoms with Crippen LogP contribution in [0.5, 0.6) is 5.75 Å². The minimum atomic E-state index is -1.15. The molecule has 4 rings (SSSR count). The SMILES string of the molecule is CCOc1ccc(/C(O)=C2\C(=O)C(=O)N(c3ccc(F)c(F)c3)C2c2ccccc2C)cc1C(C)C. The van der Waals surface area contributed by atoms with Crippen LogP contribution in [0.4, 0.5) is 14.5 Å². The molecule has 1 aliphatic heterocycles. The largest absolute Gasteiger partial charge is 0.507 e. The van der Waals surface area contributed by atoms with E-state index in [0.29, 0.717) is 23.5 Å². The van der Waals surface area contributed by atoms with Gasteiger partial charge >= 0.3 is 0 Å². The lowest BCUT2D eigenvalue weighted by molar-refractivity contribution is -0.132. The summed E-state index contributed by atoms with van der Waals surface area (Å²) < 4.78 is 33.5. The Labute approximate surface area is 208 Å². The maximum absolute atomic E-state index is 14.1. The van der Waals surface area contributed by atoms with Crippen LogP contribution in [0.25, 0.3) is 5.76 Å². The Bertz CT molecular complexity index is 1380. The Hall–Kier alpha value is -4.00. The first-order chi connectivity index (χ1) is 17.1. The summed E-state index contributed by atoms with van der Waals surface area (Å²) in [6.07, 6.45) is 0. The fourth-order valence-corrected chi connectivity index (χ4v) is 4.51. The van der Waals surface area contributed by atoms with Crippen molar-refractivity contribution < 1.29 is 28.2 Å². The highest BCUT2D eigenvalue weighted by Gasteiger charge is 2.47. The number of carbonyl (C=O) groups excluding carboxylic acids is 2. The van der Waals surface area contributed by atoms with Gasteiger partial charge in [-0.3, -0.25) is 14.5 Å². The maximum Gasteiger partial charge on any atom is 0.300 e. The summed E-state index contributed by atoms with van der Waals surface area (Å²) >= 11 is 0. The highest BCUT2D eigenvalue weighted by Crippen LogP contribution is 2.44. The Balaban J connectivity index is 1.96. The summed E-state index contributed by atoms with van der Waals surface area (Å²) in [5.41, 5.74) is 2.42. The second-order valence-corrected chi connectivity index (χ2v) is 8.96. The Morgan fingerprint density at radius 3 is 2.39 bits per heavy atom. The molecule has 0 spiro atoms. The molecule has 0 saturated carbocycles. The van der Waals surface area contributed by atoms with Crippen molar-refractivity contribution in [1.82, 2.24) is 0 Å². The van der Waals surface area contributed by atoms with Crippen LogP contribution in [-0.2, 0) is 9.59 Å². The molecule has 1 aliphatic rings. The predicted octanol–water partition coefficient (Wildman–Crippen LogP) is 6.42. The van der Waals surface area contributed by atoms with Crippen LogP contribution < -0.4 is 9.64 Å². The molecular weight excluding hydrogens is 464 g/mol. The van der Waals surface area contributed by atoms with E-state index in [1.54, 1.807) is 30.3 Å². The molecule has 1 atom stereocenters. The first-order valence-corrected chi connectivity index (χ1v) is 11.7. The number of aliphatic hydroxyl groups excluding tert-OH is 1. The van der Waals surface area contributed by atoms with Crippen LogP contribution in [-0.4, -0.2) is 23.4 Å². The van der Waals surface area contributed by atoms with Crippen molar-refractivity contribution in [3.05, 3.63) is 100 Å². The number of benzene rings is 3. The van der Waals surface area contributed by atoms with Crippen molar-refractivity contribution in [3.8, 4) is 5.75 Å². The van der Waals surface area contributed by atoms with Gasteiger partial charge in [0.2, 0.25) is 0 Å². The average molecular weight is 492 g/mol. The number of ether oxygens (including phenoxy) is 1. The first-order valence-electron chi connectivity index (χ1n) is 11.7. The average Bonchev–Trinajstić information content (AvgIpc) is 3.11. The van der Waals surface area contributed by atoms with Gasteiger partial charge in [0.15, 0.2) is 11.6 Å². The van der Waals surface area contributed by atoms with E-state index in [2.05, 4.69) is 0 Å². The number of aliphatic hydroxyl groups is 1. The molecule has 1 unspecified atom stereocenters. The molecule has 1 fully saturated rings. The van der Waals surface area contributed by atoms with Crippen molar-refractivity contribution in [1.29, 1.82) is 0 Å². The Morgan fingerprint density at radius 2 is 1.75 bits per heavy atom. The lowest BCUT2D eigenvalue weighted by Gasteiger charge is -2.26. The number of halogens is 2. The van der Waals surface area contributed by atoms with Gasteiger partial charge in [0.05, 0.1) is 18.2 Å². The number of aryl methyl sites for hydroxylation is 1. The molecule has 186 valence electrons. The molecule has 5 nitrogen and oxygen atoms in total. The molecule has 0 aromatic heterocycles. The van der Waals surface area contributed by atoms with E-state index in [1.807, 2.05) is 39.8 Å². The van der Waals surface area contributed by atoms with Crippen LogP contribution in [0.2, 0.25) is 0 Å². The molecule has 7 heteroatoms. The lowest BCUT2D eigenvalue weighted by atomic mass is 9.91. The normalized spacial score (nSPS) is 17.2. The summed E-state index contributed by atoms with van der Waals surface area (Å²) in [6.45, 7) is 8.13. The summed E-state index contributed by atoms with van der Waals surface area (Å²) in [5, 5.41) is 11.4. The maximum atomic E-state index is 14.1. The lowest BCUT2D eigenvalue weighted by Crippen LogP contribution is -2.30. The van der Waals surface area contributed by atoms with E-state index in [9.17, 15) is 23.5 Å². The second-order valence-electron chi connectivity index (χ2n) is 8.96. The van der Waals surface area contributed by atoms with Crippen LogP contribution in [0.1, 0.15) is 55.0 Å². The number of Topliss-reactive ketones (excluding diaryl/α,β-unsaturated/α-hetero) is 1. The van der Waals surface area contributed by atoms with Crippen LogP contribution in [0.3, 0.4) is 0 Å². The van der Waals surface area contributed by atoms with Gasteiger partial charge in [0, 0.05) is 17.3 Å². The van der Waals surface area contributed by atoms with E-state index in [4.69, 9.17) is 4.74 Å². The quantitative estimate of drug-likeness (QED) is 0.245. The molecule has 3 aromatic rings. The molecule has 1 saturated heterocycles. The highest BCUT2D eigenvalue weighted by atomic mass is 19.2. The summed E-state index contributed by atoms with van der Waals surface area (Å²) in [5.74, 6) is -3.69. The predicted molar refractivity (Wildman–Crippen MR) is 134 cm³/mol.